The molecule has 1 aromatic heterocycles. The van der Waals surface area contributed by atoms with Gasteiger partial charge in [-0.05, 0) is 18.6 Å². The minimum absolute atomic E-state index is 0.0988. The summed E-state index contributed by atoms with van der Waals surface area (Å²) < 4.78 is 44.6. The number of rotatable bonds is 6. The van der Waals surface area contributed by atoms with E-state index < -0.39 is 23.8 Å². The number of carbonyl (C=O) groups excluding carboxylic acids is 1. The first-order valence-electron chi connectivity index (χ1n) is 6.94. The Morgan fingerprint density at radius 3 is 2.52 bits per heavy atom. The van der Waals surface area contributed by atoms with Gasteiger partial charge in [-0.3, -0.25) is 9.63 Å². The molecule has 8 heteroatoms. The molecule has 0 aliphatic heterocycles. The Labute approximate surface area is 130 Å². The van der Waals surface area contributed by atoms with E-state index in [0.29, 0.717) is 11.5 Å². The summed E-state index contributed by atoms with van der Waals surface area (Å²) in [7, 11) is 0. The molecular weight excluding hydrogens is 313 g/mol. The molecule has 23 heavy (non-hydrogen) atoms. The van der Waals surface area contributed by atoms with E-state index in [2.05, 4.69) is 9.68 Å². The third-order valence-corrected chi connectivity index (χ3v) is 2.93. The van der Waals surface area contributed by atoms with E-state index in [-0.39, 0.29) is 12.3 Å². The fourth-order valence-corrected chi connectivity index (χ4v) is 1.93. The van der Waals surface area contributed by atoms with E-state index >= 15 is 0 Å². The zero-order valence-corrected chi connectivity index (χ0v) is 12.3. The summed E-state index contributed by atoms with van der Waals surface area (Å²) in [5.74, 6) is -4.35. The molecule has 1 atom stereocenters. The summed E-state index contributed by atoms with van der Waals surface area (Å²) >= 11 is 0. The predicted molar refractivity (Wildman–Crippen MR) is 75.5 cm³/mol. The third-order valence-electron chi connectivity index (χ3n) is 2.93. The van der Waals surface area contributed by atoms with Crippen LogP contribution in [0.25, 0.3) is 0 Å². The lowest BCUT2D eigenvalue weighted by Crippen LogP contribution is -2.41. The number of nitrogens with zero attached hydrogens (tertiary/aromatic N) is 2. The molecule has 0 saturated heterocycles. The highest BCUT2D eigenvalue weighted by Crippen LogP contribution is 2.37. The molecule has 2 aromatic rings. The fraction of sp³-hybridized carbons (Fsp3) is 0.333. The fourth-order valence-electron chi connectivity index (χ4n) is 1.93. The van der Waals surface area contributed by atoms with Crippen molar-refractivity contribution in [3.8, 4) is 0 Å². The van der Waals surface area contributed by atoms with Gasteiger partial charge in [0.25, 0.3) is 5.91 Å². The minimum atomic E-state index is -4.83. The van der Waals surface area contributed by atoms with Crippen molar-refractivity contribution in [2.24, 2.45) is 0 Å². The van der Waals surface area contributed by atoms with Crippen LogP contribution in [0.1, 0.15) is 25.0 Å². The number of para-hydroxylation sites is 1. The average Bonchev–Trinajstić information content (AvgIpc) is 3.01. The number of anilines is 1. The molecule has 1 aromatic carbocycles. The van der Waals surface area contributed by atoms with E-state index in [9.17, 15) is 18.0 Å². The van der Waals surface area contributed by atoms with Crippen molar-refractivity contribution in [1.82, 2.24) is 5.16 Å². The van der Waals surface area contributed by atoms with Crippen LogP contribution in [0.5, 0.6) is 0 Å². The molecule has 5 nitrogen and oxygen atoms in total. The van der Waals surface area contributed by atoms with Gasteiger partial charge in [0.1, 0.15) is 0 Å². The average molecular weight is 328 g/mol. The Morgan fingerprint density at radius 2 is 2.00 bits per heavy atom. The summed E-state index contributed by atoms with van der Waals surface area (Å²) in [6.07, 6.45) is -3.24. The van der Waals surface area contributed by atoms with Crippen molar-refractivity contribution in [2.75, 3.05) is 11.7 Å². The van der Waals surface area contributed by atoms with Crippen molar-refractivity contribution >= 4 is 11.6 Å². The first kappa shape index (κ1) is 17.0. The highest BCUT2D eigenvalue weighted by molar-refractivity contribution is 5.96. The van der Waals surface area contributed by atoms with Crippen molar-refractivity contribution < 1.29 is 27.3 Å². The zero-order chi connectivity index (χ0) is 16.9. The molecule has 1 heterocycles. The number of hydroxylamine groups is 1. The van der Waals surface area contributed by atoms with Gasteiger partial charge in [0, 0.05) is 6.07 Å². The molecule has 0 aliphatic carbocycles. The molecule has 2 rings (SSSR count). The summed E-state index contributed by atoms with van der Waals surface area (Å²) in [6.45, 7) is 1.88. The third kappa shape index (κ3) is 4.10. The second-order valence-electron chi connectivity index (χ2n) is 4.69. The van der Waals surface area contributed by atoms with E-state index in [1.54, 1.807) is 25.1 Å². The summed E-state index contributed by atoms with van der Waals surface area (Å²) in [5, 5.41) is 3.90. The van der Waals surface area contributed by atoms with E-state index in [4.69, 9.17) is 4.84 Å². The Bertz CT molecular complexity index is 615. The molecule has 0 radical (unpaired) electrons. The van der Waals surface area contributed by atoms with Crippen molar-refractivity contribution in [3.05, 3.63) is 48.4 Å². The second kappa shape index (κ2) is 7.28. The summed E-state index contributed by atoms with van der Waals surface area (Å²) in [6, 6.07) is 8.87. The van der Waals surface area contributed by atoms with Crippen LogP contribution in [0.15, 0.2) is 47.1 Å². The number of carbonyl (C=O) groups is 1. The van der Waals surface area contributed by atoms with Crippen LogP contribution >= 0.6 is 0 Å². The Balaban J connectivity index is 2.37. The topological polar surface area (TPSA) is 55.6 Å². The van der Waals surface area contributed by atoms with Gasteiger partial charge in [-0.15, -0.1) is 0 Å². The van der Waals surface area contributed by atoms with E-state index in [1.807, 2.05) is 0 Å². The van der Waals surface area contributed by atoms with E-state index in [0.717, 1.165) is 12.3 Å². The molecular formula is C15H15F3N2O3. The first-order valence-corrected chi connectivity index (χ1v) is 6.94. The normalized spacial score (nSPS) is 12.9. The number of alkyl halides is 3. The molecule has 0 aliphatic rings. The zero-order valence-electron chi connectivity index (χ0n) is 12.3. The van der Waals surface area contributed by atoms with E-state index in [1.165, 1.54) is 12.1 Å². The Kier molecular flexibility index (Phi) is 5.38. The standard InChI is InChI=1S/C15H15F3N2O3/c1-2-10-22-20(11-6-4-3-5-7-11)14(21)13(15(16,17)18)12-8-9-19-23-12/h3-9,13H,2,10H2,1H3. The molecule has 0 fully saturated rings. The van der Waals surface area contributed by atoms with Gasteiger partial charge in [-0.1, -0.05) is 30.3 Å². The molecule has 0 N–H and O–H groups in total. The van der Waals surface area contributed by atoms with Gasteiger partial charge in [0.2, 0.25) is 0 Å². The van der Waals surface area contributed by atoms with Crippen LogP contribution in [0.3, 0.4) is 0 Å². The lowest BCUT2D eigenvalue weighted by Gasteiger charge is -2.26. The van der Waals surface area contributed by atoms with Gasteiger partial charge in [0.15, 0.2) is 11.7 Å². The highest BCUT2D eigenvalue weighted by Gasteiger charge is 2.50. The van der Waals surface area contributed by atoms with Crippen LogP contribution in [-0.2, 0) is 9.63 Å². The summed E-state index contributed by atoms with van der Waals surface area (Å²) in [4.78, 5) is 17.7. The van der Waals surface area contributed by atoms with Crippen LogP contribution in [-0.4, -0.2) is 23.8 Å². The van der Waals surface area contributed by atoms with Crippen LogP contribution in [0.2, 0.25) is 0 Å². The first-order chi connectivity index (χ1) is 10.9. The highest BCUT2D eigenvalue weighted by atomic mass is 19.4. The van der Waals surface area contributed by atoms with Crippen molar-refractivity contribution in [3.63, 3.8) is 0 Å². The number of aromatic nitrogens is 1. The number of halogens is 3. The quantitative estimate of drug-likeness (QED) is 0.759. The molecule has 1 unspecified atom stereocenters. The van der Waals surface area contributed by atoms with Gasteiger partial charge >= 0.3 is 6.18 Å². The Hall–Kier alpha value is -2.35. The lowest BCUT2D eigenvalue weighted by atomic mass is 10.0. The summed E-state index contributed by atoms with van der Waals surface area (Å²) in [5.41, 5.74) is 0.208. The second-order valence-corrected chi connectivity index (χ2v) is 4.69. The van der Waals surface area contributed by atoms with Crippen molar-refractivity contribution in [2.45, 2.75) is 25.4 Å². The molecule has 1 amide bonds. The van der Waals surface area contributed by atoms with Gasteiger partial charge in [-0.25, -0.2) is 0 Å². The van der Waals surface area contributed by atoms with Gasteiger partial charge in [0.05, 0.1) is 18.5 Å². The lowest BCUT2D eigenvalue weighted by molar-refractivity contribution is -0.170. The van der Waals surface area contributed by atoms with Crippen LogP contribution in [0, 0.1) is 0 Å². The number of benzene rings is 1. The van der Waals surface area contributed by atoms with Crippen molar-refractivity contribution in [1.29, 1.82) is 0 Å². The number of hydrogen-bond donors (Lipinski definition) is 0. The van der Waals surface area contributed by atoms with Crippen LogP contribution < -0.4 is 5.06 Å². The largest absolute Gasteiger partial charge is 0.407 e. The Morgan fingerprint density at radius 1 is 1.30 bits per heavy atom. The number of amides is 1. The maximum atomic E-state index is 13.3. The van der Waals surface area contributed by atoms with Gasteiger partial charge in [-0.2, -0.15) is 18.2 Å². The maximum absolute atomic E-state index is 13.3. The van der Waals surface area contributed by atoms with Gasteiger partial charge < -0.3 is 4.52 Å². The minimum Gasteiger partial charge on any atom is -0.360 e. The maximum Gasteiger partial charge on any atom is 0.407 e. The monoisotopic (exact) mass is 328 g/mol. The predicted octanol–water partition coefficient (Wildman–Crippen LogP) is 3.70. The molecule has 0 saturated carbocycles. The molecule has 124 valence electrons. The molecule has 0 spiro atoms. The van der Waals surface area contributed by atoms with Crippen LogP contribution in [0.4, 0.5) is 18.9 Å². The number of hydrogen-bond acceptors (Lipinski definition) is 4. The smallest absolute Gasteiger partial charge is 0.360 e. The molecule has 0 bridgehead atoms. The SMILES string of the molecule is CCCON(C(=O)C(c1ccno1)C(F)(F)F)c1ccccc1.